The van der Waals surface area contributed by atoms with E-state index >= 15 is 0 Å². The van der Waals surface area contributed by atoms with Gasteiger partial charge in [-0.05, 0) is 61.4 Å². The number of esters is 1. The van der Waals surface area contributed by atoms with Crippen molar-refractivity contribution in [2.45, 2.75) is 20.3 Å². The number of nitrogens with zero attached hydrogens (tertiary/aromatic N) is 1. The van der Waals surface area contributed by atoms with Gasteiger partial charge in [-0.15, -0.1) is 0 Å². The number of rotatable bonds is 7. The van der Waals surface area contributed by atoms with E-state index in [9.17, 15) is 9.18 Å². The van der Waals surface area contributed by atoms with Crippen LogP contribution in [0.25, 0.3) is 6.08 Å². The molecule has 2 aromatic carbocycles. The molecule has 0 aliphatic carbocycles. The fraction of sp³-hybridized carbons (Fsp3) is 0.238. The maximum absolute atomic E-state index is 13.1. The van der Waals surface area contributed by atoms with Crippen LogP contribution in [0.5, 0.6) is 11.5 Å². The van der Waals surface area contributed by atoms with Crippen LogP contribution < -0.4 is 9.47 Å². The zero-order valence-electron chi connectivity index (χ0n) is 15.5. The van der Waals surface area contributed by atoms with Gasteiger partial charge >= 0.3 is 5.97 Å². The van der Waals surface area contributed by atoms with Crippen molar-refractivity contribution in [3.05, 3.63) is 64.1 Å². The number of benzene rings is 2. The lowest BCUT2D eigenvalue weighted by atomic mass is 10.1. The Morgan fingerprint density at radius 1 is 1.18 bits per heavy atom. The van der Waals surface area contributed by atoms with E-state index in [2.05, 4.69) is 4.99 Å². The fourth-order valence-corrected chi connectivity index (χ4v) is 2.84. The van der Waals surface area contributed by atoms with Gasteiger partial charge in [-0.2, -0.15) is 0 Å². The van der Waals surface area contributed by atoms with Gasteiger partial charge in [-0.1, -0.05) is 18.5 Å². The number of carbonyl (C=O) groups is 1. The molecule has 0 bridgehead atoms. The molecular weight excluding hydrogens is 385 g/mol. The van der Waals surface area contributed by atoms with Crippen LogP contribution in [-0.2, 0) is 9.53 Å². The summed E-state index contributed by atoms with van der Waals surface area (Å²) in [4.78, 5) is 16.4. The van der Waals surface area contributed by atoms with Crippen molar-refractivity contribution in [1.82, 2.24) is 0 Å². The summed E-state index contributed by atoms with van der Waals surface area (Å²) >= 11 is 6.35. The molecule has 28 heavy (non-hydrogen) atoms. The molecule has 0 amide bonds. The maximum atomic E-state index is 13.1. The molecule has 1 aliphatic heterocycles. The van der Waals surface area contributed by atoms with E-state index in [1.807, 2.05) is 13.8 Å². The van der Waals surface area contributed by atoms with Gasteiger partial charge in [0.25, 0.3) is 0 Å². The van der Waals surface area contributed by atoms with E-state index in [0.717, 1.165) is 6.42 Å². The number of cyclic esters (lactones) is 1. The third kappa shape index (κ3) is 4.51. The number of aliphatic imine (C=N–C) groups is 1. The highest BCUT2D eigenvalue weighted by molar-refractivity contribution is 6.32. The van der Waals surface area contributed by atoms with Crippen molar-refractivity contribution in [1.29, 1.82) is 0 Å². The van der Waals surface area contributed by atoms with Crippen LogP contribution in [0.2, 0.25) is 5.02 Å². The molecule has 0 radical (unpaired) electrons. The summed E-state index contributed by atoms with van der Waals surface area (Å²) in [5.74, 6) is 0.101. The van der Waals surface area contributed by atoms with Gasteiger partial charge in [0, 0.05) is 5.56 Å². The molecule has 0 atom stereocenters. The van der Waals surface area contributed by atoms with Crippen LogP contribution in [0.1, 0.15) is 31.4 Å². The van der Waals surface area contributed by atoms with Crippen LogP contribution in [-0.4, -0.2) is 25.1 Å². The lowest BCUT2D eigenvalue weighted by molar-refractivity contribution is -0.129. The third-order valence-electron chi connectivity index (χ3n) is 3.80. The lowest BCUT2D eigenvalue weighted by Gasteiger charge is -2.14. The van der Waals surface area contributed by atoms with Crippen LogP contribution in [0.4, 0.5) is 4.39 Å². The molecule has 7 heteroatoms. The molecule has 2 aromatic rings. The normalized spacial score (nSPS) is 14.8. The average Bonchev–Trinajstić information content (AvgIpc) is 3.02. The summed E-state index contributed by atoms with van der Waals surface area (Å²) in [5.41, 5.74) is 1.24. The van der Waals surface area contributed by atoms with E-state index in [-0.39, 0.29) is 17.4 Å². The first-order chi connectivity index (χ1) is 13.5. The minimum atomic E-state index is -0.597. The zero-order chi connectivity index (χ0) is 20.1. The van der Waals surface area contributed by atoms with Crippen LogP contribution in [0.15, 0.2) is 47.1 Å². The minimum absolute atomic E-state index is 0.111. The van der Waals surface area contributed by atoms with E-state index in [0.29, 0.717) is 40.9 Å². The summed E-state index contributed by atoms with van der Waals surface area (Å²) in [5, 5.41) is 0.375. The van der Waals surface area contributed by atoms with Crippen molar-refractivity contribution >= 4 is 29.5 Å². The molecular formula is C21H19ClFNO4. The van der Waals surface area contributed by atoms with Crippen molar-refractivity contribution in [3.8, 4) is 11.5 Å². The van der Waals surface area contributed by atoms with Gasteiger partial charge in [0.1, 0.15) is 5.82 Å². The first kappa shape index (κ1) is 19.9. The number of ether oxygens (including phenoxy) is 3. The Bertz CT molecular complexity index is 938. The number of carbonyl (C=O) groups excluding carboxylic acids is 1. The predicted molar refractivity (Wildman–Crippen MR) is 105 cm³/mol. The van der Waals surface area contributed by atoms with Crippen LogP contribution in [0, 0.1) is 5.82 Å². The molecule has 146 valence electrons. The molecule has 0 spiro atoms. The monoisotopic (exact) mass is 403 g/mol. The standard InChI is InChI=1S/C21H19ClFNO4/c1-3-9-27-19-16(22)10-13(12-18(19)26-4-2)11-17-21(25)28-20(24-17)14-5-7-15(23)8-6-14/h5-8,10-12H,3-4,9H2,1-2H3/b17-11+. The predicted octanol–water partition coefficient (Wildman–Crippen LogP) is 5.01. The van der Waals surface area contributed by atoms with Crippen molar-refractivity contribution in [2.75, 3.05) is 13.2 Å². The minimum Gasteiger partial charge on any atom is -0.490 e. The molecule has 0 saturated carbocycles. The second kappa shape index (κ2) is 8.89. The number of hydrogen-bond acceptors (Lipinski definition) is 5. The lowest BCUT2D eigenvalue weighted by Crippen LogP contribution is -2.05. The molecule has 5 nitrogen and oxygen atoms in total. The first-order valence-corrected chi connectivity index (χ1v) is 9.27. The molecule has 0 aromatic heterocycles. The smallest absolute Gasteiger partial charge is 0.363 e. The van der Waals surface area contributed by atoms with Gasteiger partial charge in [0.05, 0.1) is 18.2 Å². The Kier molecular flexibility index (Phi) is 6.31. The van der Waals surface area contributed by atoms with Crippen LogP contribution in [0.3, 0.4) is 0 Å². The molecule has 0 N–H and O–H groups in total. The van der Waals surface area contributed by atoms with Gasteiger partial charge < -0.3 is 14.2 Å². The van der Waals surface area contributed by atoms with Crippen LogP contribution >= 0.6 is 11.6 Å². The number of hydrogen-bond donors (Lipinski definition) is 0. The summed E-state index contributed by atoms with van der Waals surface area (Å²) in [6, 6.07) is 8.93. The summed E-state index contributed by atoms with van der Waals surface area (Å²) < 4.78 is 29.6. The SMILES string of the molecule is CCCOc1c(Cl)cc(/C=C2/N=C(c3ccc(F)cc3)OC2=O)cc1OCC. The topological polar surface area (TPSA) is 57.1 Å². The van der Waals surface area contributed by atoms with Gasteiger partial charge in [0.15, 0.2) is 17.2 Å². The van der Waals surface area contributed by atoms with Crippen molar-refractivity contribution in [3.63, 3.8) is 0 Å². The Morgan fingerprint density at radius 3 is 2.61 bits per heavy atom. The average molecular weight is 404 g/mol. The summed E-state index contributed by atoms with van der Waals surface area (Å²) in [6.07, 6.45) is 2.39. The van der Waals surface area contributed by atoms with Crippen molar-refractivity contribution < 1.29 is 23.4 Å². The van der Waals surface area contributed by atoms with Gasteiger partial charge in [0.2, 0.25) is 5.90 Å². The van der Waals surface area contributed by atoms with E-state index in [1.165, 1.54) is 24.3 Å². The molecule has 0 fully saturated rings. The molecule has 1 aliphatic rings. The summed E-state index contributed by atoms with van der Waals surface area (Å²) in [7, 11) is 0. The molecule has 0 unspecified atom stereocenters. The van der Waals surface area contributed by atoms with Crippen molar-refractivity contribution in [2.24, 2.45) is 4.99 Å². The summed E-state index contributed by atoms with van der Waals surface area (Å²) in [6.45, 7) is 4.80. The van der Waals surface area contributed by atoms with E-state index in [4.69, 9.17) is 25.8 Å². The fourth-order valence-electron chi connectivity index (χ4n) is 2.56. The number of halogens is 2. The third-order valence-corrected chi connectivity index (χ3v) is 4.08. The highest BCUT2D eigenvalue weighted by Gasteiger charge is 2.24. The molecule has 1 heterocycles. The highest BCUT2D eigenvalue weighted by atomic mass is 35.5. The van der Waals surface area contributed by atoms with E-state index < -0.39 is 5.97 Å². The zero-order valence-corrected chi connectivity index (χ0v) is 16.3. The Labute approximate surface area is 167 Å². The highest BCUT2D eigenvalue weighted by Crippen LogP contribution is 2.37. The molecule has 3 rings (SSSR count). The first-order valence-electron chi connectivity index (χ1n) is 8.89. The largest absolute Gasteiger partial charge is 0.490 e. The molecule has 0 saturated heterocycles. The second-order valence-corrected chi connectivity index (χ2v) is 6.36. The quantitative estimate of drug-likeness (QED) is 0.481. The Morgan fingerprint density at radius 2 is 1.93 bits per heavy atom. The Hall–Kier alpha value is -2.86. The van der Waals surface area contributed by atoms with E-state index in [1.54, 1.807) is 18.2 Å². The van der Waals surface area contributed by atoms with Gasteiger partial charge in [-0.3, -0.25) is 0 Å². The Balaban J connectivity index is 1.93. The second-order valence-electron chi connectivity index (χ2n) is 5.95. The maximum Gasteiger partial charge on any atom is 0.363 e. The van der Waals surface area contributed by atoms with Gasteiger partial charge in [-0.25, -0.2) is 14.2 Å².